The van der Waals surface area contributed by atoms with Crippen molar-refractivity contribution in [3.05, 3.63) is 30.0 Å². The average molecular weight is 260 g/mol. The Balaban J connectivity index is 2.24. The van der Waals surface area contributed by atoms with Gasteiger partial charge in [-0.15, -0.1) is 0 Å². The van der Waals surface area contributed by atoms with Gasteiger partial charge < -0.3 is 15.0 Å². The van der Waals surface area contributed by atoms with Gasteiger partial charge in [0.2, 0.25) is 0 Å². The third kappa shape index (κ3) is 3.08. The summed E-state index contributed by atoms with van der Waals surface area (Å²) < 4.78 is 10.5. The van der Waals surface area contributed by atoms with Gasteiger partial charge in [0.05, 0.1) is 12.7 Å². The maximum Gasteiger partial charge on any atom is 0.175 e. The Hall–Kier alpha value is -1.97. The number of methoxy groups -OCH3 is 1. The zero-order chi connectivity index (χ0) is 13.7. The van der Waals surface area contributed by atoms with Crippen LogP contribution in [0.25, 0.3) is 11.1 Å². The summed E-state index contributed by atoms with van der Waals surface area (Å²) in [5.41, 5.74) is 7.85. The molecule has 2 N–H and O–H groups in total. The number of anilines is 1. The van der Waals surface area contributed by atoms with Gasteiger partial charge in [0, 0.05) is 6.42 Å². The number of aromatic nitrogens is 1. The van der Waals surface area contributed by atoms with Gasteiger partial charge in [0.25, 0.3) is 0 Å². The number of nitrogen functional groups attached to an aromatic ring is 1. The number of aryl methyl sites for hydroxylation is 1. The summed E-state index contributed by atoms with van der Waals surface area (Å²) in [6, 6.07) is 7.78. The van der Waals surface area contributed by atoms with E-state index in [9.17, 15) is 0 Å². The molecule has 19 heavy (non-hydrogen) atoms. The minimum atomic E-state index is 0.455. The molecule has 1 aromatic heterocycles. The lowest BCUT2D eigenvalue weighted by Crippen LogP contribution is -1.91. The maximum atomic E-state index is 5.91. The fourth-order valence-electron chi connectivity index (χ4n) is 2.11. The fraction of sp³-hybridized carbons (Fsp3) is 0.400. The van der Waals surface area contributed by atoms with Gasteiger partial charge in [-0.3, -0.25) is 0 Å². The Morgan fingerprint density at radius 1 is 1.21 bits per heavy atom. The second kappa shape index (κ2) is 6.27. The van der Waals surface area contributed by atoms with Crippen LogP contribution in [0.1, 0.15) is 31.9 Å². The zero-order valence-corrected chi connectivity index (χ0v) is 11.5. The van der Waals surface area contributed by atoms with Gasteiger partial charge in [0.15, 0.2) is 5.82 Å². The lowest BCUT2D eigenvalue weighted by Gasteiger charge is -2.04. The molecule has 0 amide bonds. The normalized spacial score (nSPS) is 10.6. The van der Waals surface area contributed by atoms with Crippen LogP contribution in [0.3, 0.4) is 0 Å². The second-order valence-electron chi connectivity index (χ2n) is 4.55. The van der Waals surface area contributed by atoms with Crippen molar-refractivity contribution >= 4 is 5.82 Å². The Morgan fingerprint density at radius 3 is 2.58 bits per heavy atom. The highest BCUT2D eigenvalue weighted by atomic mass is 16.5. The largest absolute Gasteiger partial charge is 0.497 e. The third-order valence-electron chi connectivity index (χ3n) is 3.18. The number of nitrogens with zero attached hydrogens (tertiary/aromatic N) is 1. The second-order valence-corrected chi connectivity index (χ2v) is 4.55. The summed E-state index contributed by atoms with van der Waals surface area (Å²) in [5.74, 6) is 2.15. The summed E-state index contributed by atoms with van der Waals surface area (Å²) in [6.07, 6.45) is 4.33. The summed E-state index contributed by atoms with van der Waals surface area (Å²) in [6.45, 7) is 2.18. The van der Waals surface area contributed by atoms with Crippen molar-refractivity contribution in [1.82, 2.24) is 5.16 Å². The van der Waals surface area contributed by atoms with Gasteiger partial charge in [-0.05, 0) is 24.1 Å². The molecule has 4 nitrogen and oxygen atoms in total. The molecule has 2 aromatic rings. The summed E-state index contributed by atoms with van der Waals surface area (Å²) in [5, 5.41) is 3.89. The first-order chi connectivity index (χ1) is 9.26. The molecule has 0 aliphatic rings. The molecule has 0 atom stereocenters. The van der Waals surface area contributed by atoms with E-state index < -0.39 is 0 Å². The molecule has 0 aliphatic carbocycles. The Bertz CT molecular complexity index is 517. The number of unbranched alkanes of at least 4 members (excludes halogenated alkanes) is 2. The molecule has 0 saturated carbocycles. The fourth-order valence-corrected chi connectivity index (χ4v) is 2.11. The molecule has 0 fully saturated rings. The molecular weight excluding hydrogens is 240 g/mol. The maximum absolute atomic E-state index is 5.91. The Kier molecular flexibility index (Phi) is 4.44. The van der Waals surface area contributed by atoms with Crippen molar-refractivity contribution in [3.8, 4) is 16.9 Å². The van der Waals surface area contributed by atoms with E-state index in [1.54, 1.807) is 7.11 Å². The van der Waals surface area contributed by atoms with Crippen LogP contribution in [0.2, 0.25) is 0 Å². The minimum Gasteiger partial charge on any atom is -0.497 e. The minimum absolute atomic E-state index is 0.455. The number of hydrogen-bond donors (Lipinski definition) is 1. The first kappa shape index (κ1) is 13.5. The number of nitrogens with two attached hydrogens (primary N) is 1. The quantitative estimate of drug-likeness (QED) is 0.805. The van der Waals surface area contributed by atoms with Gasteiger partial charge in [-0.25, -0.2) is 0 Å². The third-order valence-corrected chi connectivity index (χ3v) is 3.18. The summed E-state index contributed by atoms with van der Waals surface area (Å²) in [7, 11) is 1.65. The van der Waals surface area contributed by atoms with Crippen LogP contribution in [0, 0.1) is 0 Å². The van der Waals surface area contributed by atoms with Crippen LogP contribution in [-0.4, -0.2) is 12.3 Å². The molecule has 0 bridgehead atoms. The average Bonchev–Trinajstić information content (AvgIpc) is 2.80. The zero-order valence-electron chi connectivity index (χ0n) is 11.5. The number of benzene rings is 1. The molecule has 0 radical (unpaired) electrons. The molecule has 0 saturated heterocycles. The van der Waals surface area contributed by atoms with E-state index in [0.29, 0.717) is 5.82 Å². The van der Waals surface area contributed by atoms with Crippen LogP contribution in [0.5, 0.6) is 5.75 Å². The van der Waals surface area contributed by atoms with Crippen LogP contribution < -0.4 is 10.5 Å². The van der Waals surface area contributed by atoms with Crippen LogP contribution in [0.4, 0.5) is 5.82 Å². The molecule has 102 valence electrons. The lowest BCUT2D eigenvalue weighted by atomic mass is 10.0. The van der Waals surface area contributed by atoms with E-state index in [2.05, 4.69) is 12.1 Å². The SMILES string of the molecule is CCCCCc1onc(N)c1-c1ccc(OC)cc1. The molecule has 0 aliphatic heterocycles. The summed E-state index contributed by atoms with van der Waals surface area (Å²) in [4.78, 5) is 0. The monoisotopic (exact) mass is 260 g/mol. The molecular formula is C15H20N2O2. The smallest absolute Gasteiger partial charge is 0.175 e. The number of hydrogen-bond acceptors (Lipinski definition) is 4. The van der Waals surface area contributed by atoms with Gasteiger partial charge in [-0.2, -0.15) is 0 Å². The first-order valence-corrected chi connectivity index (χ1v) is 6.64. The highest BCUT2D eigenvalue weighted by Gasteiger charge is 2.15. The number of ether oxygens (including phenoxy) is 1. The van der Waals surface area contributed by atoms with Gasteiger partial charge in [-0.1, -0.05) is 37.1 Å². The van der Waals surface area contributed by atoms with Gasteiger partial charge in [0.1, 0.15) is 11.5 Å². The van der Waals surface area contributed by atoms with E-state index in [4.69, 9.17) is 15.0 Å². The molecule has 2 rings (SSSR count). The van der Waals surface area contributed by atoms with E-state index in [-0.39, 0.29) is 0 Å². The van der Waals surface area contributed by atoms with Crippen molar-refractivity contribution in [2.45, 2.75) is 32.6 Å². The predicted octanol–water partition coefficient (Wildman–Crippen LogP) is 3.67. The molecule has 0 spiro atoms. The highest BCUT2D eigenvalue weighted by molar-refractivity contribution is 5.75. The molecule has 0 unspecified atom stereocenters. The van der Waals surface area contributed by atoms with Crippen molar-refractivity contribution in [1.29, 1.82) is 0 Å². The van der Waals surface area contributed by atoms with Crippen LogP contribution in [0.15, 0.2) is 28.8 Å². The first-order valence-electron chi connectivity index (χ1n) is 6.64. The van der Waals surface area contributed by atoms with E-state index in [0.717, 1.165) is 35.5 Å². The lowest BCUT2D eigenvalue weighted by molar-refractivity contribution is 0.382. The molecule has 4 heteroatoms. The number of rotatable bonds is 6. The molecule has 1 heterocycles. The van der Waals surface area contributed by atoms with Crippen molar-refractivity contribution in [2.24, 2.45) is 0 Å². The van der Waals surface area contributed by atoms with Gasteiger partial charge >= 0.3 is 0 Å². The van der Waals surface area contributed by atoms with Crippen molar-refractivity contribution in [2.75, 3.05) is 12.8 Å². The Labute approximate surface area is 113 Å². The van der Waals surface area contributed by atoms with E-state index in [1.165, 1.54) is 12.8 Å². The topological polar surface area (TPSA) is 61.3 Å². The summed E-state index contributed by atoms with van der Waals surface area (Å²) >= 11 is 0. The van der Waals surface area contributed by atoms with Crippen LogP contribution in [-0.2, 0) is 6.42 Å². The van der Waals surface area contributed by atoms with E-state index in [1.807, 2.05) is 24.3 Å². The van der Waals surface area contributed by atoms with Crippen molar-refractivity contribution in [3.63, 3.8) is 0 Å². The highest BCUT2D eigenvalue weighted by Crippen LogP contribution is 2.31. The van der Waals surface area contributed by atoms with E-state index >= 15 is 0 Å². The van der Waals surface area contributed by atoms with Crippen molar-refractivity contribution < 1.29 is 9.26 Å². The Morgan fingerprint density at radius 2 is 1.95 bits per heavy atom. The van der Waals surface area contributed by atoms with Crippen LogP contribution >= 0.6 is 0 Å². The standard InChI is InChI=1S/C15H20N2O2/c1-3-4-5-6-13-14(15(16)17-19-13)11-7-9-12(18-2)10-8-11/h7-10H,3-6H2,1-2H3,(H2,16,17). The predicted molar refractivity (Wildman–Crippen MR) is 76.1 cm³/mol. The molecule has 1 aromatic carbocycles.